The van der Waals surface area contributed by atoms with Crippen molar-refractivity contribution in [2.45, 2.75) is 38.3 Å². The standard InChI is InChI=1S/C15H17FN2/c16-14-5-11(8-17)3-12(6-14)9-18-15-7-10-1-2-13(15)4-10/h3,5-6,10,13,15,18H,1-2,4,7,9H2. The summed E-state index contributed by atoms with van der Waals surface area (Å²) in [4.78, 5) is 0. The van der Waals surface area contributed by atoms with Gasteiger partial charge in [0.25, 0.3) is 0 Å². The van der Waals surface area contributed by atoms with E-state index in [2.05, 4.69) is 5.32 Å². The number of hydrogen-bond acceptors (Lipinski definition) is 2. The van der Waals surface area contributed by atoms with E-state index in [0.29, 0.717) is 18.2 Å². The monoisotopic (exact) mass is 244 g/mol. The number of hydrogen-bond donors (Lipinski definition) is 1. The lowest BCUT2D eigenvalue weighted by molar-refractivity contribution is 0.350. The third-order valence-electron chi connectivity index (χ3n) is 4.39. The molecule has 18 heavy (non-hydrogen) atoms. The Hall–Kier alpha value is -1.40. The Bertz CT molecular complexity index is 492. The van der Waals surface area contributed by atoms with E-state index >= 15 is 0 Å². The highest BCUT2D eigenvalue weighted by atomic mass is 19.1. The van der Waals surface area contributed by atoms with E-state index in [1.807, 2.05) is 6.07 Å². The molecular formula is C15H17FN2. The van der Waals surface area contributed by atoms with Gasteiger partial charge in [-0.05, 0) is 54.9 Å². The zero-order valence-corrected chi connectivity index (χ0v) is 10.3. The smallest absolute Gasteiger partial charge is 0.124 e. The van der Waals surface area contributed by atoms with Crippen molar-refractivity contribution in [2.24, 2.45) is 11.8 Å². The molecule has 0 saturated heterocycles. The highest BCUT2D eigenvalue weighted by Gasteiger charge is 2.38. The molecular weight excluding hydrogens is 227 g/mol. The lowest BCUT2D eigenvalue weighted by atomic mass is 9.95. The van der Waals surface area contributed by atoms with Crippen LogP contribution >= 0.6 is 0 Å². The molecule has 2 aliphatic carbocycles. The Morgan fingerprint density at radius 1 is 1.28 bits per heavy atom. The van der Waals surface area contributed by atoms with E-state index in [1.54, 1.807) is 6.07 Å². The van der Waals surface area contributed by atoms with Crippen LogP contribution in [0.2, 0.25) is 0 Å². The van der Waals surface area contributed by atoms with Crippen LogP contribution in [0.15, 0.2) is 18.2 Å². The molecule has 0 spiro atoms. The highest BCUT2D eigenvalue weighted by Crippen LogP contribution is 2.44. The minimum Gasteiger partial charge on any atom is -0.310 e. The van der Waals surface area contributed by atoms with Gasteiger partial charge in [0.1, 0.15) is 5.82 Å². The summed E-state index contributed by atoms with van der Waals surface area (Å²) in [7, 11) is 0. The minimum absolute atomic E-state index is 0.321. The molecule has 2 bridgehead atoms. The molecule has 94 valence electrons. The molecule has 0 aliphatic heterocycles. The van der Waals surface area contributed by atoms with Crippen LogP contribution in [0.5, 0.6) is 0 Å². The first-order chi connectivity index (χ1) is 8.74. The zero-order chi connectivity index (χ0) is 12.5. The molecule has 0 amide bonds. The van der Waals surface area contributed by atoms with Crippen LogP contribution in [0.1, 0.15) is 36.8 Å². The maximum Gasteiger partial charge on any atom is 0.124 e. The Balaban J connectivity index is 1.63. The second-order valence-corrected chi connectivity index (χ2v) is 5.62. The van der Waals surface area contributed by atoms with Crippen LogP contribution < -0.4 is 5.32 Å². The first-order valence-electron chi connectivity index (χ1n) is 6.67. The van der Waals surface area contributed by atoms with Gasteiger partial charge in [0.15, 0.2) is 0 Å². The van der Waals surface area contributed by atoms with Gasteiger partial charge in [0.05, 0.1) is 11.6 Å². The van der Waals surface area contributed by atoms with Gasteiger partial charge in [-0.3, -0.25) is 0 Å². The molecule has 3 atom stereocenters. The summed E-state index contributed by atoms with van der Waals surface area (Å²) in [6.45, 7) is 0.667. The summed E-state index contributed by atoms with van der Waals surface area (Å²) in [5.74, 6) is 1.41. The fourth-order valence-corrected chi connectivity index (χ4v) is 3.56. The summed E-state index contributed by atoms with van der Waals surface area (Å²) in [6, 6.07) is 7.15. The van der Waals surface area contributed by atoms with Gasteiger partial charge in [0, 0.05) is 12.6 Å². The minimum atomic E-state index is -0.321. The predicted octanol–water partition coefficient (Wildman–Crippen LogP) is 2.98. The van der Waals surface area contributed by atoms with E-state index in [-0.39, 0.29) is 5.82 Å². The molecule has 0 aromatic heterocycles. The number of nitrogens with zero attached hydrogens (tertiary/aromatic N) is 1. The number of nitriles is 1. The number of halogens is 1. The second kappa shape index (κ2) is 4.70. The molecule has 3 rings (SSSR count). The Morgan fingerprint density at radius 2 is 2.17 bits per heavy atom. The molecule has 0 heterocycles. The largest absolute Gasteiger partial charge is 0.310 e. The molecule has 1 aromatic rings. The summed E-state index contributed by atoms with van der Waals surface area (Å²) in [5, 5.41) is 12.3. The summed E-state index contributed by atoms with van der Waals surface area (Å²) in [6.07, 6.45) is 5.37. The van der Waals surface area contributed by atoms with E-state index < -0.39 is 0 Å². The van der Waals surface area contributed by atoms with Crippen molar-refractivity contribution >= 4 is 0 Å². The SMILES string of the molecule is N#Cc1cc(F)cc(CNC2CC3CCC2C3)c1. The molecule has 1 aromatic carbocycles. The van der Waals surface area contributed by atoms with Gasteiger partial charge < -0.3 is 5.32 Å². The Kier molecular flexibility index (Phi) is 3.05. The fraction of sp³-hybridized carbons (Fsp3) is 0.533. The highest BCUT2D eigenvalue weighted by molar-refractivity contribution is 5.33. The number of fused-ring (bicyclic) bond motifs is 2. The molecule has 1 N–H and O–H groups in total. The van der Waals surface area contributed by atoms with Crippen molar-refractivity contribution in [1.29, 1.82) is 5.26 Å². The first kappa shape index (κ1) is 11.7. The van der Waals surface area contributed by atoms with Crippen LogP contribution in [0.3, 0.4) is 0 Å². The van der Waals surface area contributed by atoms with Crippen molar-refractivity contribution in [1.82, 2.24) is 5.32 Å². The first-order valence-corrected chi connectivity index (χ1v) is 6.67. The van der Waals surface area contributed by atoms with Gasteiger partial charge in [-0.2, -0.15) is 5.26 Å². The van der Waals surface area contributed by atoms with Gasteiger partial charge in [0.2, 0.25) is 0 Å². The van der Waals surface area contributed by atoms with Crippen molar-refractivity contribution in [3.63, 3.8) is 0 Å². The lowest BCUT2D eigenvalue weighted by Gasteiger charge is -2.23. The Labute approximate surface area is 107 Å². The van der Waals surface area contributed by atoms with Gasteiger partial charge >= 0.3 is 0 Å². The molecule has 2 aliphatic rings. The van der Waals surface area contributed by atoms with Crippen molar-refractivity contribution < 1.29 is 4.39 Å². The average molecular weight is 244 g/mol. The third-order valence-corrected chi connectivity index (χ3v) is 4.39. The summed E-state index contributed by atoms with van der Waals surface area (Å²) < 4.78 is 13.3. The molecule has 3 heteroatoms. The topological polar surface area (TPSA) is 35.8 Å². The number of benzene rings is 1. The van der Waals surface area contributed by atoms with Gasteiger partial charge in [-0.1, -0.05) is 6.42 Å². The fourth-order valence-electron chi connectivity index (χ4n) is 3.56. The van der Waals surface area contributed by atoms with E-state index in [0.717, 1.165) is 17.4 Å². The van der Waals surface area contributed by atoms with Crippen molar-refractivity contribution in [3.05, 3.63) is 35.1 Å². The number of rotatable bonds is 3. The normalized spacial score (nSPS) is 29.4. The summed E-state index contributed by atoms with van der Waals surface area (Å²) >= 11 is 0. The number of nitrogens with one attached hydrogen (secondary N) is 1. The quantitative estimate of drug-likeness (QED) is 0.887. The van der Waals surface area contributed by atoms with Gasteiger partial charge in [-0.25, -0.2) is 4.39 Å². The van der Waals surface area contributed by atoms with Crippen molar-refractivity contribution in [3.8, 4) is 6.07 Å². The maximum absolute atomic E-state index is 13.3. The van der Waals surface area contributed by atoms with Crippen molar-refractivity contribution in [2.75, 3.05) is 0 Å². The summed E-state index contributed by atoms with van der Waals surface area (Å²) in [5.41, 5.74) is 1.27. The molecule has 2 nitrogen and oxygen atoms in total. The predicted molar refractivity (Wildman–Crippen MR) is 67.2 cm³/mol. The second-order valence-electron chi connectivity index (χ2n) is 5.62. The van der Waals surface area contributed by atoms with Crippen LogP contribution in [0, 0.1) is 29.0 Å². The van der Waals surface area contributed by atoms with Crippen LogP contribution in [0.4, 0.5) is 4.39 Å². The molecule has 2 saturated carbocycles. The molecule has 2 fully saturated rings. The van der Waals surface area contributed by atoms with Crippen LogP contribution in [0.25, 0.3) is 0 Å². The van der Waals surface area contributed by atoms with E-state index in [9.17, 15) is 4.39 Å². The van der Waals surface area contributed by atoms with Crippen LogP contribution in [-0.4, -0.2) is 6.04 Å². The van der Waals surface area contributed by atoms with Crippen LogP contribution in [-0.2, 0) is 6.54 Å². The molecule has 3 unspecified atom stereocenters. The van der Waals surface area contributed by atoms with Gasteiger partial charge in [-0.15, -0.1) is 0 Å². The average Bonchev–Trinajstić information content (AvgIpc) is 2.97. The van der Waals surface area contributed by atoms with E-state index in [1.165, 1.54) is 37.8 Å². The Morgan fingerprint density at radius 3 is 2.83 bits per heavy atom. The molecule has 0 radical (unpaired) electrons. The zero-order valence-electron chi connectivity index (χ0n) is 10.3. The van der Waals surface area contributed by atoms with E-state index in [4.69, 9.17) is 5.26 Å². The third kappa shape index (κ3) is 2.26. The lowest BCUT2D eigenvalue weighted by Crippen LogP contribution is -2.33. The maximum atomic E-state index is 13.3.